The van der Waals surface area contributed by atoms with Gasteiger partial charge in [0.1, 0.15) is 16.9 Å². The summed E-state index contributed by atoms with van der Waals surface area (Å²) < 4.78 is 1.48. The fourth-order valence-corrected chi connectivity index (χ4v) is 3.71. The second-order valence-electron chi connectivity index (χ2n) is 7.73. The maximum atomic E-state index is 13.2. The molecule has 0 spiro atoms. The van der Waals surface area contributed by atoms with E-state index in [0.29, 0.717) is 28.7 Å². The predicted octanol–water partition coefficient (Wildman–Crippen LogP) is 4.29. The highest BCUT2D eigenvalue weighted by atomic mass is 16.1. The number of nitrogen functional groups attached to an aromatic ring is 1. The Morgan fingerprint density at radius 2 is 1.64 bits per heavy atom. The maximum Gasteiger partial charge on any atom is 0.257 e. The Morgan fingerprint density at radius 3 is 2.39 bits per heavy atom. The van der Waals surface area contributed by atoms with Crippen molar-refractivity contribution in [2.75, 3.05) is 5.73 Å². The van der Waals surface area contributed by atoms with Crippen molar-refractivity contribution < 1.29 is 4.79 Å². The average Bonchev–Trinajstić information content (AvgIpc) is 3.11. The third-order valence-electron chi connectivity index (χ3n) is 5.50. The van der Waals surface area contributed by atoms with E-state index in [9.17, 15) is 4.79 Å². The van der Waals surface area contributed by atoms with Gasteiger partial charge in [0.05, 0.1) is 17.2 Å². The van der Waals surface area contributed by atoms with Gasteiger partial charge in [0.15, 0.2) is 5.65 Å². The normalized spacial score (nSPS) is 11.4. The average molecular weight is 435 g/mol. The van der Waals surface area contributed by atoms with E-state index in [1.54, 1.807) is 6.21 Å². The molecule has 7 nitrogen and oxygen atoms in total. The Bertz CT molecular complexity index is 1500. The van der Waals surface area contributed by atoms with Crippen molar-refractivity contribution in [2.24, 2.45) is 5.10 Å². The number of nitrogens with two attached hydrogens (primary N) is 1. The molecule has 0 radical (unpaired) electrons. The lowest BCUT2D eigenvalue weighted by molar-refractivity contribution is 0.0953. The fraction of sp³-hybridized carbons (Fsp3) is 0.0769. The predicted molar refractivity (Wildman–Crippen MR) is 131 cm³/mol. The molecule has 0 saturated heterocycles. The van der Waals surface area contributed by atoms with Crippen LogP contribution in [0.4, 0.5) is 5.82 Å². The van der Waals surface area contributed by atoms with Gasteiger partial charge in [-0.25, -0.2) is 9.97 Å². The van der Waals surface area contributed by atoms with E-state index in [1.165, 1.54) is 4.68 Å². The van der Waals surface area contributed by atoms with Crippen LogP contribution in [0.15, 0.2) is 84.0 Å². The Labute approximate surface area is 190 Å². The van der Waals surface area contributed by atoms with Gasteiger partial charge in [-0.3, -0.25) is 4.79 Å². The third kappa shape index (κ3) is 3.92. The quantitative estimate of drug-likeness (QED) is 0.403. The van der Waals surface area contributed by atoms with Crippen molar-refractivity contribution in [3.8, 4) is 0 Å². The molecule has 2 aromatic heterocycles. The minimum atomic E-state index is -0.323. The van der Waals surface area contributed by atoms with Crippen LogP contribution in [-0.4, -0.2) is 26.8 Å². The fourth-order valence-electron chi connectivity index (χ4n) is 3.71. The second kappa shape index (κ2) is 8.55. The molecule has 0 saturated carbocycles. The molecule has 0 aliphatic heterocycles. The van der Waals surface area contributed by atoms with E-state index in [0.717, 1.165) is 16.7 Å². The SMILES string of the molecule is Cc1ccccc1/C=N/n1c(N)c(C(=O)NCc2ccccc2)c2nc3ccccc3nc21. The topological polar surface area (TPSA) is 98.2 Å². The van der Waals surface area contributed by atoms with Gasteiger partial charge in [-0.1, -0.05) is 66.7 Å². The Morgan fingerprint density at radius 1 is 0.970 bits per heavy atom. The Balaban J connectivity index is 1.62. The van der Waals surface area contributed by atoms with Gasteiger partial charge in [0, 0.05) is 6.54 Å². The van der Waals surface area contributed by atoms with Gasteiger partial charge in [-0.05, 0) is 35.7 Å². The van der Waals surface area contributed by atoms with Crippen molar-refractivity contribution in [1.82, 2.24) is 20.0 Å². The Kier molecular flexibility index (Phi) is 5.28. The number of aromatic nitrogens is 3. The summed E-state index contributed by atoms with van der Waals surface area (Å²) >= 11 is 0. The summed E-state index contributed by atoms with van der Waals surface area (Å²) in [6, 6.07) is 25.1. The van der Waals surface area contributed by atoms with Crippen molar-refractivity contribution >= 4 is 40.1 Å². The zero-order valence-electron chi connectivity index (χ0n) is 18.1. The molecule has 33 heavy (non-hydrogen) atoms. The third-order valence-corrected chi connectivity index (χ3v) is 5.50. The largest absolute Gasteiger partial charge is 0.383 e. The number of nitrogens with zero attached hydrogens (tertiary/aromatic N) is 4. The number of para-hydroxylation sites is 2. The Hall–Kier alpha value is -4.52. The molecule has 0 aliphatic carbocycles. The van der Waals surface area contributed by atoms with Crippen LogP contribution in [0.25, 0.3) is 22.2 Å². The lowest BCUT2D eigenvalue weighted by Crippen LogP contribution is -2.23. The first-order chi connectivity index (χ1) is 16.1. The van der Waals surface area contributed by atoms with Crippen molar-refractivity contribution in [3.63, 3.8) is 0 Å². The van der Waals surface area contributed by atoms with Crippen LogP contribution in [0, 0.1) is 6.92 Å². The summed E-state index contributed by atoms with van der Waals surface area (Å²) in [5.74, 6) is -0.133. The van der Waals surface area contributed by atoms with E-state index >= 15 is 0 Å². The summed E-state index contributed by atoms with van der Waals surface area (Å²) in [5, 5.41) is 7.52. The summed E-state index contributed by atoms with van der Waals surface area (Å²) in [6.45, 7) is 2.38. The number of carbonyl (C=O) groups excluding carboxylic acids is 1. The molecule has 0 unspecified atom stereocenters. The molecule has 1 amide bonds. The molecule has 0 aliphatic rings. The van der Waals surface area contributed by atoms with Gasteiger partial charge < -0.3 is 11.1 Å². The van der Waals surface area contributed by atoms with E-state index in [1.807, 2.05) is 85.8 Å². The monoisotopic (exact) mass is 434 g/mol. The molecule has 0 atom stereocenters. The number of nitrogens with one attached hydrogen (secondary N) is 1. The zero-order chi connectivity index (χ0) is 22.8. The molecule has 0 fully saturated rings. The maximum absolute atomic E-state index is 13.2. The molecule has 5 rings (SSSR count). The summed E-state index contributed by atoms with van der Waals surface area (Å²) in [4.78, 5) is 22.6. The molecule has 162 valence electrons. The van der Waals surface area contributed by atoms with Crippen molar-refractivity contribution in [3.05, 3.63) is 101 Å². The number of carbonyl (C=O) groups is 1. The first-order valence-corrected chi connectivity index (χ1v) is 10.6. The lowest BCUT2D eigenvalue weighted by atomic mass is 10.1. The number of aryl methyl sites for hydroxylation is 1. The lowest BCUT2D eigenvalue weighted by Gasteiger charge is -2.05. The molecular weight excluding hydrogens is 412 g/mol. The first-order valence-electron chi connectivity index (χ1n) is 10.6. The van der Waals surface area contributed by atoms with Gasteiger partial charge in [-0.15, -0.1) is 0 Å². The van der Waals surface area contributed by atoms with E-state index in [2.05, 4.69) is 10.4 Å². The zero-order valence-corrected chi connectivity index (χ0v) is 18.1. The van der Waals surface area contributed by atoms with E-state index in [-0.39, 0.29) is 17.3 Å². The molecule has 5 aromatic rings. The van der Waals surface area contributed by atoms with Crippen LogP contribution in [0.3, 0.4) is 0 Å². The minimum absolute atomic E-state index is 0.190. The van der Waals surface area contributed by atoms with Crippen LogP contribution >= 0.6 is 0 Å². The van der Waals surface area contributed by atoms with E-state index < -0.39 is 0 Å². The molecule has 0 bridgehead atoms. The molecule has 7 heteroatoms. The number of fused-ring (bicyclic) bond motifs is 2. The van der Waals surface area contributed by atoms with Crippen LogP contribution < -0.4 is 11.1 Å². The number of hydrogen-bond acceptors (Lipinski definition) is 5. The number of benzene rings is 3. The molecule has 2 heterocycles. The number of hydrogen-bond donors (Lipinski definition) is 2. The standard InChI is InChI=1S/C26H22N6O/c1-17-9-5-6-12-19(17)16-29-32-24(27)22(26(33)28-15-18-10-3-2-4-11-18)23-25(32)31-21-14-8-7-13-20(21)30-23/h2-14,16H,15,27H2,1H3,(H,28,33)/b29-16+. The minimum Gasteiger partial charge on any atom is -0.383 e. The summed E-state index contributed by atoms with van der Waals surface area (Å²) in [6.07, 6.45) is 1.72. The van der Waals surface area contributed by atoms with Crippen LogP contribution in [0.5, 0.6) is 0 Å². The highest BCUT2D eigenvalue weighted by Gasteiger charge is 2.24. The van der Waals surface area contributed by atoms with Crippen LogP contribution in [0.1, 0.15) is 27.0 Å². The first kappa shape index (κ1) is 20.4. The highest BCUT2D eigenvalue weighted by Crippen LogP contribution is 2.28. The van der Waals surface area contributed by atoms with Gasteiger partial charge in [0.2, 0.25) is 0 Å². The van der Waals surface area contributed by atoms with Gasteiger partial charge in [-0.2, -0.15) is 9.78 Å². The molecular formula is C26H22N6O. The van der Waals surface area contributed by atoms with Crippen molar-refractivity contribution in [2.45, 2.75) is 13.5 Å². The number of rotatable bonds is 5. The van der Waals surface area contributed by atoms with Crippen LogP contribution in [-0.2, 0) is 6.54 Å². The van der Waals surface area contributed by atoms with Gasteiger partial charge >= 0.3 is 0 Å². The smallest absolute Gasteiger partial charge is 0.257 e. The number of amides is 1. The summed E-state index contributed by atoms with van der Waals surface area (Å²) in [5.41, 5.74) is 12.0. The van der Waals surface area contributed by atoms with Crippen molar-refractivity contribution in [1.29, 1.82) is 0 Å². The molecule has 3 N–H and O–H groups in total. The van der Waals surface area contributed by atoms with Gasteiger partial charge in [0.25, 0.3) is 5.91 Å². The second-order valence-corrected chi connectivity index (χ2v) is 7.73. The van der Waals surface area contributed by atoms with E-state index in [4.69, 9.17) is 15.7 Å². The number of anilines is 1. The molecule has 3 aromatic carbocycles. The van der Waals surface area contributed by atoms with Crippen LogP contribution in [0.2, 0.25) is 0 Å². The summed E-state index contributed by atoms with van der Waals surface area (Å²) in [7, 11) is 0. The highest BCUT2D eigenvalue weighted by molar-refractivity contribution is 6.10.